The van der Waals surface area contributed by atoms with E-state index in [1.165, 1.54) is 0 Å². The number of hydrogen-bond acceptors (Lipinski definition) is 3. The highest BCUT2D eigenvalue weighted by Gasteiger charge is 2.03. The SMILES string of the molecule is O=CNc1cccnc1-n1cccn1. The van der Waals surface area contributed by atoms with Crippen LogP contribution in [0.25, 0.3) is 5.82 Å². The van der Waals surface area contributed by atoms with E-state index in [1.54, 1.807) is 41.5 Å². The number of amides is 1. The van der Waals surface area contributed by atoms with E-state index in [1.807, 2.05) is 0 Å². The highest BCUT2D eigenvalue weighted by atomic mass is 16.1. The number of rotatable bonds is 3. The maximum atomic E-state index is 10.3. The van der Waals surface area contributed by atoms with Gasteiger partial charge >= 0.3 is 0 Å². The van der Waals surface area contributed by atoms with E-state index in [-0.39, 0.29) is 0 Å². The predicted octanol–water partition coefficient (Wildman–Crippen LogP) is 0.836. The van der Waals surface area contributed by atoms with Crippen molar-refractivity contribution in [3.8, 4) is 5.82 Å². The van der Waals surface area contributed by atoms with Crippen molar-refractivity contribution in [2.75, 3.05) is 5.32 Å². The van der Waals surface area contributed by atoms with Crippen LogP contribution in [0.3, 0.4) is 0 Å². The first kappa shape index (κ1) is 8.43. The maximum Gasteiger partial charge on any atom is 0.211 e. The number of aromatic nitrogens is 3. The van der Waals surface area contributed by atoms with Gasteiger partial charge in [0.2, 0.25) is 6.41 Å². The molecule has 0 saturated heterocycles. The summed E-state index contributed by atoms with van der Waals surface area (Å²) >= 11 is 0. The molecule has 2 aromatic heterocycles. The Morgan fingerprint density at radius 2 is 2.29 bits per heavy atom. The van der Waals surface area contributed by atoms with Crippen LogP contribution in [0.4, 0.5) is 5.69 Å². The van der Waals surface area contributed by atoms with Gasteiger partial charge < -0.3 is 5.32 Å². The highest BCUT2D eigenvalue weighted by molar-refractivity contribution is 5.75. The number of carbonyl (C=O) groups is 1. The molecule has 2 aromatic rings. The Morgan fingerprint density at radius 3 is 3.00 bits per heavy atom. The summed E-state index contributed by atoms with van der Waals surface area (Å²) in [5.74, 6) is 0.601. The Hall–Kier alpha value is -2.17. The molecule has 5 nitrogen and oxygen atoms in total. The summed E-state index contributed by atoms with van der Waals surface area (Å²) in [7, 11) is 0. The number of hydrogen-bond donors (Lipinski definition) is 1. The van der Waals surface area contributed by atoms with E-state index in [4.69, 9.17) is 0 Å². The van der Waals surface area contributed by atoms with E-state index in [0.717, 1.165) is 0 Å². The quantitative estimate of drug-likeness (QED) is 0.726. The topological polar surface area (TPSA) is 59.8 Å². The van der Waals surface area contributed by atoms with E-state index < -0.39 is 0 Å². The van der Waals surface area contributed by atoms with Crippen LogP contribution < -0.4 is 5.32 Å². The molecule has 0 aliphatic rings. The smallest absolute Gasteiger partial charge is 0.211 e. The van der Waals surface area contributed by atoms with Crippen LogP contribution in [0, 0.1) is 0 Å². The fourth-order valence-corrected chi connectivity index (χ4v) is 1.15. The summed E-state index contributed by atoms with van der Waals surface area (Å²) in [4.78, 5) is 14.4. The zero-order chi connectivity index (χ0) is 9.80. The molecule has 0 fully saturated rings. The standard InChI is InChI=1S/C9H8N4O/c14-7-11-8-3-1-4-10-9(8)13-6-2-5-12-13/h1-7H,(H,11,14). The zero-order valence-electron chi connectivity index (χ0n) is 7.29. The van der Waals surface area contributed by atoms with Crippen molar-refractivity contribution >= 4 is 12.1 Å². The summed E-state index contributed by atoms with van der Waals surface area (Å²) in [6.07, 6.45) is 5.68. The first-order valence-electron chi connectivity index (χ1n) is 4.07. The summed E-state index contributed by atoms with van der Waals surface area (Å²) in [5, 5.41) is 6.59. The van der Waals surface area contributed by atoms with Gasteiger partial charge in [0.25, 0.3) is 0 Å². The Balaban J connectivity index is 2.46. The molecule has 0 unspecified atom stereocenters. The van der Waals surface area contributed by atoms with Crippen molar-refractivity contribution < 1.29 is 4.79 Å². The van der Waals surface area contributed by atoms with Crippen molar-refractivity contribution in [1.82, 2.24) is 14.8 Å². The van der Waals surface area contributed by atoms with Gasteiger partial charge in [-0.2, -0.15) is 5.10 Å². The van der Waals surface area contributed by atoms with Gasteiger partial charge in [-0.1, -0.05) is 0 Å². The third-order valence-corrected chi connectivity index (χ3v) is 1.72. The van der Waals surface area contributed by atoms with E-state index in [2.05, 4.69) is 15.4 Å². The van der Waals surface area contributed by atoms with E-state index in [0.29, 0.717) is 17.9 Å². The lowest BCUT2D eigenvalue weighted by atomic mass is 10.4. The number of anilines is 1. The molecule has 14 heavy (non-hydrogen) atoms. The van der Waals surface area contributed by atoms with Gasteiger partial charge in [0, 0.05) is 18.6 Å². The fourth-order valence-electron chi connectivity index (χ4n) is 1.15. The maximum absolute atomic E-state index is 10.3. The Labute approximate surface area is 80.4 Å². The second-order valence-electron chi connectivity index (χ2n) is 2.59. The van der Waals surface area contributed by atoms with Crippen LogP contribution in [0.1, 0.15) is 0 Å². The van der Waals surface area contributed by atoms with Gasteiger partial charge in [0.05, 0.1) is 5.69 Å². The van der Waals surface area contributed by atoms with E-state index >= 15 is 0 Å². The molecule has 0 aliphatic heterocycles. The third-order valence-electron chi connectivity index (χ3n) is 1.72. The van der Waals surface area contributed by atoms with Gasteiger partial charge in [-0.3, -0.25) is 4.79 Å². The van der Waals surface area contributed by atoms with Crippen molar-refractivity contribution in [2.45, 2.75) is 0 Å². The average Bonchev–Trinajstić information content (AvgIpc) is 2.72. The summed E-state index contributed by atoms with van der Waals surface area (Å²) in [6, 6.07) is 5.30. The van der Waals surface area contributed by atoms with Crippen LogP contribution >= 0.6 is 0 Å². The van der Waals surface area contributed by atoms with Gasteiger partial charge in [-0.15, -0.1) is 0 Å². The minimum Gasteiger partial charge on any atom is -0.326 e. The molecule has 0 atom stereocenters. The molecule has 1 N–H and O–H groups in total. The number of carbonyl (C=O) groups excluding carboxylic acids is 1. The summed E-state index contributed by atoms with van der Waals surface area (Å²) in [5.41, 5.74) is 0.631. The van der Waals surface area contributed by atoms with Gasteiger partial charge in [-0.05, 0) is 18.2 Å². The zero-order valence-corrected chi connectivity index (χ0v) is 7.29. The van der Waals surface area contributed by atoms with Crippen LogP contribution in [0.5, 0.6) is 0 Å². The molecule has 0 spiro atoms. The Bertz CT molecular complexity index is 424. The lowest BCUT2D eigenvalue weighted by Gasteiger charge is -2.05. The monoisotopic (exact) mass is 188 g/mol. The molecule has 0 radical (unpaired) electrons. The molecule has 0 saturated carbocycles. The number of nitrogens with one attached hydrogen (secondary N) is 1. The largest absolute Gasteiger partial charge is 0.326 e. The van der Waals surface area contributed by atoms with Gasteiger partial charge in [-0.25, -0.2) is 9.67 Å². The molecular weight excluding hydrogens is 180 g/mol. The molecule has 2 rings (SSSR count). The number of pyridine rings is 1. The normalized spacial score (nSPS) is 9.71. The molecular formula is C9H8N4O. The van der Waals surface area contributed by atoms with Crippen molar-refractivity contribution in [1.29, 1.82) is 0 Å². The Morgan fingerprint density at radius 1 is 1.36 bits per heavy atom. The molecule has 0 aromatic carbocycles. The van der Waals surface area contributed by atoms with E-state index in [9.17, 15) is 4.79 Å². The minimum atomic E-state index is 0.601. The van der Waals surface area contributed by atoms with Crippen molar-refractivity contribution in [3.05, 3.63) is 36.8 Å². The van der Waals surface area contributed by atoms with Gasteiger partial charge in [0.15, 0.2) is 5.82 Å². The second kappa shape index (κ2) is 3.69. The first-order valence-corrected chi connectivity index (χ1v) is 4.07. The minimum absolute atomic E-state index is 0.601. The molecule has 2 heterocycles. The lowest BCUT2D eigenvalue weighted by molar-refractivity contribution is -0.105. The molecule has 5 heteroatoms. The summed E-state index contributed by atoms with van der Waals surface area (Å²) in [6.45, 7) is 0. The fraction of sp³-hybridized carbons (Fsp3) is 0. The number of nitrogens with zero attached hydrogens (tertiary/aromatic N) is 3. The van der Waals surface area contributed by atoms with Crippen LogP contribution in [0.2, 0.25) is 0 Å². The van der Waals surface area contributed by atoms with Crippen molar-refractivity contribution in [2.24, 2.45) is 0 Å². The first-order chi connectivity index (χ1) is 6.92. The second-order valence-corrected chi connectivity index (χ2v) is 2.59. The molecule has 0 aliphatic carbocycles. The highest BCUT2D eigenvalue weighted by Crippen LogP contribution is 2.14. The lowest BCUT2D eigenvalue weighted by Crippen LogP contribution is -2.04. The average molecular weight is 188 g/mol. The molecule has 70 valence electrons. The molecule has 0 bridgehead atoms. The van der Waals surface area contributed by atoms with Gasteiger partial charge in [0.1, 0.15) is 0 Å². The van der Waals surface area contributed by atoms with Crippen LogP contribution in [0.15, 0.2) is 36.8 Å². The molecule has 1 amide bonds. The van der Waals surface area contributed by atoms with Crippen LogP contribution in [-0.2, 0) is 4.79 Å². The van der Waals surface area contributed by atoms with Crippen molar-refractivity contribution in [3.63, 3.8) is 0 Å². The predicted molar refractivity (Wildman–Crippen MR) is 51.0 cm³/mol. The third kappa shape index (κ3) is 1.47. The van der Waals surface area contributed by atoms with Crippen LogP contribution in [-0.4, -0.2) is 21.2 Å². The summed E-state index contributed by atoms with van der Waals surface area (Å²) < 4.78 is 1.59. The Kier molecular flexibility index (Phi) is 2.22.